The summed E-state index contributed by atoms with van der Waals surface area (Å²) in [7, 11) is 0. The van der Waals surface area contributed by atoms with Gasteiger partial charge in [-0.15, -0.1) is 0 Å². The number of benzene rings is 2. The minimum atomic E-state index is -0.839. The summed E-state index contributed by atoms with van der Waals surface area (Å²) in [5.41, 5.74) is 14.3. The number of imide groups is 1. The fourth-order valence-electron chi connectivity index (χ4n) is 9.37. The number of anilines is 2. The van der Waals surface area contributed by atoms with Crippen LogP contribution >= 0.6 is 0 Å². The summed E-state index contributed by atoms with van der Waals surface area (Å²) in [4.78, 5) is 107. The smallest absolute Gasteiger partial charge is 0.407 e. The van der Waals surface area contributed by atoms with Crippen molar-refractivity contribution in [1.29, 1.82) is 0 Å². The minimum Gasteiger partial charge on any atom is -0.445 e. The van der Waals surface area contributed by atoms with Crippen molar-refractivity contribution < 1.29 is 38.3 Å². The Balaban J connectivity index is 0.802. The summed E-state index contributed by atoms with van der Waals surface area (Å²) >= 11 is 0. The Kier molecular flexibility index (Phi) is 17.6. The summed E-state index contributed by atoms with van der Waals surface area (Å²) in [6.45, 7) is 6.46. The Labute approximate surface area is 439 Å². The molecule has 1 unspecified atom stereocenters. The number of rotatable bonds is 25. The molecule has 396 valence electrons. The molecular formula is C55H63N13O8. The lowest BCUT2D eigenvalue weighted by Crippen LogP contribution is -2.45. The van der Waals surface area contributed by atoms with E-state index in [4.69, 9.17) is 20.4 Å². The highest BCUT2D eigenvalue weighted by Gasteiger charge is 2.30. The van der Waals surface area contributed by atoms with E-state index < -0.39 is 30.0 Å². The largest absolute Gasteiger partial charge is 0.445 e. The molecule has 0 spiro atoms. The summed E-state index contributed by atoms with van der Waals surface area (Å²) < 4.78 is 7.33. The number of nitrogens with two attached hydrogens (primary N) is 1. The highest BCUT2D eigenvalue weighted by atomic mass is 16.5. The van der Waals surface area contributed by atoms with E-state index in [-0.39, 0.29) is 74.4 Å². The van der Waals surface area contributed by atoms with Gasteiger partial charge >= 0.3 is 12.1 Å². The maximum atomic E-state index is 13.7. The molecule has 4 aromatic heterocycles. The molecule has 21 nitrogen and oxygen atoms in total. The Bertz CT molecular complexity index is 3110. The maximum Gasteiger partial charge on any atom is 0.407 e. The van der Waals surface area contributed by atoms with Crippen LogP contribution in [0.5, 0.6) is 0 Å². The molecule has 8 rings (SSSR count). The van der Waals surface area contributed by atoms with Crippen LogP contribution in [0.25, 0.3) is 28.3 Å². The zero-order chi connectivity index (χ0) is 53.7. The monoisotopic (exact) mass is 1030 g/mol. The average molecular weight is 1030 g/mol. The molecule has 21 heteroatoms. The van der Waals surface area contributed by atoms with Gasteiger partial charge in [0.1, 0.15) is 18.8 Å². The lowest BCUT2D eigenvalue weighted by molar-refractivity contribution is -0.137. The van der Waals surface area contributed by atoms with Gasteiger partial charge in [0.25, 0.3) is 11.8 Å². The zero-order valence-corrected chi connectivity index (χ0v) is 42.8. The van der Waals surface area contributed by atoms with E-state index in [0.717, 1.165) is 67.9 Å². The van der Waals surface area contributed by atoms with E-state index in [1.165, 1.54) is 18.5 Å². The molecule has 1 aliphatic carbocycles. The van der Waals surface area contributed by atoms with Crippen LogP contribution in [0.3, 0.4) is 0 Å². The number of aryl methyl sites for hydroxylation is 2. The maximum absolute atomic E-state index is 13.7. The van der Waals surface area contributed by atoms with Crippen molar-refractivity contribution >= 4 is 58.6 Å². The van der Waals surface area contributed by atoms with E-state index in [0.29, 0.717) is 49.9 Å². The van der Waals surface area contributed by atoms with E-state index in [9.17, 15) is 33.6 Å². The first-order valence-electron chi connectivity index (χ1n) is 25.6. The molecule has 0 radical (unpaired) electrons. The molecular weight excluding hydrogens is 971 g/mol. The van der Waals surface area contributed by atoms with E-state index in [2.05, 4.69) is 47.7 Å². The van der Waals surface area contributed by atoms with Crippen molar-refractivity contribution in [1.82, 2.24) is 50.4 Å². The average Bonchev–Trinajstić information content (AvgIpc) is 4.22. The van der Waals surface area contributed by atoms with Crippen LogP contribution in [0, 0.1) is 18.8 Å². The predicted molar refractivity (Wildman–Crippen MR) is 283 cm³/mol. The van der Waals surface area contributed by atoms with Gasteiger partial charge in [-0.2, -0.15) is 5.10 Å². The van der Waals surface area contributed by atoms with Crippen molar-refractivity contribution in [2.24, 2.45) is 17.6 Å². The van der Waals surface area contributed by atoms with Gasteiger partial charge in [0, 0.05) is 72.8 Å². The highest BCUT2D eigenvalue weighted by Crippen LogP contribution is 2.34. The number of imidazole rings is 1. The number of carbonyl (C=O) groups is 7. The standard InChI is InChI=1S/C55H63N13O8/c1-33(2)50(66-47(70)12-5-4-6-26-67-48(71)23-24-49(67)72)44(69)28-37(10-8-25-57-54(56)74)53(73)62-39-17-13-35(14-18-39)31-76-55(75)63-42-21-15-36-27-40(19-20-41(36)42)58-29-45-64-51(38-16-22-46-59-32-60-68(46)30-38)52(65-45)43-11-7-9-34(3)61-43/h7,9,11,13-14,16-20,22-24,27,30,32-33,37,42,50,58H,4-6,8,10,12,15,21,25-26,28-29,31H2,1-3H3,(H,62,73)(H,63,75)(H,64,65)(H,66,70)(H3,56,57,74)/t37-,42?,50+/m1/s1. The second-order valence-electron chi connectivity index (χ2n) is 19.4. The molecule has 0 saturated carbocycles. The van der Waals surface area contributed by atoms with Crippen molar-refractivity contribution in [2.45, 2.75) is 104 Å². The van der Waals surface area contributed by atoms with Gasteiger partial charge in [-0.3, -0.25) is 33.9 Å². The molecule has 7 amide bonds. The predicted octanol–water partition coefficient (Wildman–Crippen LogP) is 6.60. The number of Topliss-reactive ketones (excluding diaryl/α,β-unsaturated/α-hetero) is 1. The third-order valence-corrected chi connectivity index (χ3v) is 13.4. The van der Waals surface area contributed by atoms with E-state index in [1.54, 1.807) is 28.8 Å². The molecule has 0 saturated heterocycles. The van der Waals surface area contributed by atoms with Crippen LogP contribution in [-0.2, 0) is 48.3 Å². The molecule has 0 fully saturated rings. The van der Waals surface area contributed by atoms with Crippen molar-refractivity contribution in [2.75, 3.05) is 23.7 Å². The number of ketones is 1. The Morgan fingerprint density at radius 2 is 1.70 bits per heavy atom. The molecule has 6 aromatic rings. The van der Waals surface area contributed by atoms with Crippen LogP contribution in [-0.4, -0.2) is 95.1 Å². The molecule has 3 atom stereocenters. The Hall–Kier alpha value is -8.75. The number of pyridine rings is 2. The number of carbonyl (C=O) groups excluding carboxylic acids is 7. The van der Waals surface area contributed by atoms with Crippen LogP contribution in [0.4, 0.5) is 21.0 Å². The number of hydrogen-bond donors (Lipinski definition) is 7. The number of ether oxygens (including phenoxy) is 1. The van der Waals surface area contributed by atoms with Gasteiger partial charge < -0.3 is 42.0 Å². The number of nitrogens with zero attached hydrogens (tertiary/aromatic N) is 6. The molecule has 2 aromatic carbocycles. The van der Waals surface area contributed by atoms with E-state index in [1.807, 2.05) is 69.4 Å². The topological polar surface area (TPSA) is 290 Å². The van der Waals surface area contributed by atoms with Gasteiger partial charge in [0.05, 0.1) is 35.7 Å². The normalized spacial score (nSPS) is 14.6. The van der Waals surface area contributed by atoms with Gasteiger partial charge in [0.2, 0.25) is 11.8 Å². The molecule has 1 aliphatic heterocycles. The Morgan fingerprint density at radius 1 is 0.908 bits per heavy atom. The zero-order valence-electron chi connectivity index (χ0n) is 42.8. The summed E-state index contributed by atoms with van der Waals surface area (Å²) in [6.07, 6.45) is 9.06. The van der Waals surface area contributed by atoms with Crippen molar-refractivity contribution in [3.8, 4) is 22.6 Å². The van der Waals surface area contributed by atoms with Crippen LogP contribution in [0.1, 0.15) is 99.5 Å². The third kappa shape index (κ3) is 14.1. The highest BCUT2D eigenvalue weighted by molar-refractivity contribution is 6.12. The Morgan fingerprint density at radius 3 is 2.46 bits per heavy atom. The minimum absolute atomic E-state index is 0.0155. The number of hydrogen-bond acceptors (Lipinski definition) is 13. The first-order valence-corrected chi connectivity index (χ1v) is 25.6. The van der Waals surface area contributed by atoms with Crippen molar-refractivity contribution in [3.05, 3.63) is 126 Å². The fraction of sp³-hybridized carbons (Fsp3) is 0.364. The fourth-order valence-corrected chi connectivity index (χ4v) is 9.37. The van der Waals surface area contributed by atoms with Gasteiger partial charge in [-0.25, -0.2) is 24.1 Å². The lowest BCUT2D eigenvalue weighted by atomic mass is 9.89. The van der Waals surface area contributed by atoms with Crippen molar-refractivity contribution in [3.63, 3.8) is 0 Å². The molecule has 2 aliphatic rings. The number of aromatic nitrogens is 6. The van der Waals surface area contributed by atoms with E-state index >= 15 is 0 Å². The van der Waals surface area contributed by atoms with Gasteiger partial charge in [-0.05, 0) is 117 Å². The van der Waals surface area contributed by atoms with Gasteiger partial charge in [0.15, 0.2) is 11.4 Å². The number of amides is 7. The lowest BCUT2D eigenvalue weighted by Gasteiger charge is -2.24. The number of alkyl carbamates (subject to hydrolysis) is 1. The first kappa shape index (κ1) is 53.5. The second-order valence-corrected chi connectivity index (χ2v) is 19.4. The molecule has 0 bridgehead atoms. The quantitative estimate of drug-likeness (QED) is 0.0235. The number of primary amides is 1. The van der Waals surface area contributed by atoms with Crippen LogP contribution < -0.4 is 32.3 Å². The third-order valence-electron chi connectivity index (χ3n) is 13.4. The summed E-state index contributed by atoms with van der Waals surface area (Å²) in [6, 6.07) is 20.9. The van der Waals surface area contributed by atoms with Gasteiger partial charge in [-0.1, -0.05) is 44.5 Å². The molecule has 5 heterocycles. The number of aromatic amines is 1. The number of unbranched alkanes of at least 4 members (excludes halogenated alkanes) is 2. The second kappa shape index (κ2) is 25.0. The summed E-state index contributed by atoms with van der Waals surface area (Å²) in [5.74, 6) is -2.05. The summed E-state index contributed by atoms with van der Waals surface area (Å²) in [5, 5.41) is 19.0. The number of fused-ring (bicyclic) bond motifs is 2. The number of H-pyrrole nitrogens is 1. The first-order chi connectivity index (χ1) is 36.7. The molecule has 8 N–H and O–H groups in total. The number of urea groups is 1. The number of nitrogens with one attached hydrogen (secondary N) is 6. The SMILES string of the molecule is Cc1cccc(-c2[nH]c(CNc3ccc4c(c3)CCC4NC(=O)OCc3ccc(NC(=O)[C@H](CCCNC(N)=O)CC(=O)[C@@H](NC(=O)CCCCCN4C(=O)C=CC4=O)C(C)C)cc3)nc2-c2ccc3ncnn3c2)n1. The van der Waals surface area contributed by atoms with Crippen LogP contribution in [0.2, 0.25) is 0 Å². The molecule has 76 heavy (non-hydrogen) atoms. The van der Waals surface area contributed by atoms with Crippen LogP contribution in [0.15, 0.2) is 97.5 Å².